The minimum Gasteiger partial charge on any atom is -0.356 e. The van der Waals surface area contributed by atoms with Crippen molar-refractivity contribution in [1.82, 2.24) is 14.9 Å². The van der Waals surface area contributed by atoms with Gasteiger partial charge in [0.15, 0.2) is 0 Å². The van der Waals surface area contributed by atoms with E-state index in [0.29, 0.717) is 6.04 Å². The Bertz CT molecular complexity index is 630. The molecule has 4 rings (SSSR count). The van der Waals surface area contributed by atoms with E-state index >= 15 is 0 Å². The van der Waals surface area contributed by atoms with Crippen LogP contribution in [-0.4, -0.2) is 65.6 Å². The monoisotopic (exact) mass is 403 g/mol. The largest absolute Gasteiger partial charge is 0.356 e. The fourth-order valence-corrected chi connectivity index (χ4v) is 5.45. The van der Waals surface area contributed by atoms with Crippen molar-refractivity contribution in [3.05, 3.63) is 11.3 Å². The molecule has 1 atom stereocenters. The first kappa shape index (κ1) is 20.3. The number of likely N-dealkylation sites (tertiary alicyclic amines) is 1. The van der Waals surface area contributed by atoms with Gasteiger partial charge in [-0.3, -0.25) is 4.90 Å². The Morgan fingerprint density at radius 2 is 1.79 bits per heavy atom. The number of nitrogens with one attached hydrogen (secondary N) is 1. The van der Waals surface area contributed by atoms with Crippen molar-refractivity contribution in [3.63, 3.8) is 0 Å². The van der Waals surface area contributed by atoms with Gasteiger partial charge >= 0.3 is 0 Å². The third kappa shape index (κ3) is 4.93. The number of hydrogen-bond acceptors (Lipinski definition) is 6. The maximum Gasteiger partial charge on any atom is 0.224 e. The number of hydrogen-bond donors (Lipinski definition) is 1. The summed E-state index contributed by atoms with van der Waals surface area (Å²) in [4.78, 5) is 15.3. The number of thioether (sulfide) groups is 1. The topological polar surface area (TPSA) is 44.3 Å². The number of nitrogens with zero attached hydrogens (tertiary/aromatic N) is 4. The SMILES string of the molecule is CSCCN1CCCC1CNc1nc2c(c(N3CCCCCC3)n1)CCCC2. The molecule has 3 aliphatic rings. The lowest BCUT2D eigenvalue weighted by molar-refractivity contribution is 0.279. The van der Waals surface area contributed by atoms with Crippen molar-refractivity contribution in [2.45, 2.75) is 70.3 Å². The predicted molar refractivity (Wildman–Crippen MR) is 121 cm³/mol. The molecule has 1 N–H and O–H groups in total. The Morgan fingerprint density at radius 3 is 2.61 bits per heavy atom. The lowest BCUT2D eigenvalue weighted by Gasteiger charge is -2.28. The zero-order valence-corrected chi connectivity index (χ0v) is 18.4. The smallest absolute Gasteiger partial charge is 0.224 e. The average molecular weight is 404 g/mol. The number of anilines is 2. The summed E-state index contributed by atoms with van der Waals surface area (Å²) in [5.74, 6) is 3.35. The van der Waals surface area contributed by atoms with Crippen molar-refractivity contribution in [3.8, 4) is 0 Å². The highest BCUT2D eigenvalue weighted by Gasteiger charge is 2.25. The maximum absolute atomic E-state index is 5.08. The minimum atomic E-state index is 0.633. The number of aryl methyl sites for hydroxylation is 1. The van der Waals surface area contributed by atoms with Gasteiger partial charge in [0.2, 0.25) is 5.95 Å². The van der Waals surface area contributed by atoms with Crippen molar-refractivity contribution < 1.29 is 0 Å². The van der Waals surface area contributed by atoms with E-state index < -0.39 is 0 Å². The predicted octanol–water partition coefficient (Wildman–Crippen LogP) is 3.98. The lowest BCUT2D eigenvalue weighted by atomic mass is 9.96. The molecule has 2 saturated heterocycles. The Hall–Kier alpha value is -1.01. The average Bonchev–Trinajstić information content (AvgIpc) is 3.00. The molecule has 0 amide bonds. The van der Waals surface area contributed by atoms with E-state index in [4.69, 9.17) is 9.97 Å². The van der Waals surface area contributed by atoms with Crippen LogP contribution in [-0.2, 0) is 12.8 Å². The first-order valence-corrected chi connectivity index (χ1v) is 12.9. The van der Waals surface area contributed by atoms with Crippen LogP contribution < -0.4 is 10.2 Å². The van der Waals surface area contributed by atoms with E-state index in [1.54, 1.807) is 0 Å². The molecule has 0 bridgehead atoms. The third-order valence-electron chi connectivity index (χ3n) is 6.64. The lowest BCUT2D eigenvalue weighted by Crippen LogP contribution is -2.37. The van der Waals surface area contributed by atoms with Crippen molar-refractivity contribution >= 4 is 23.5 Å². The first-order valence-electron chi connectivity index (χ1n) is 11.5. The molecule has 28 heavy (non-hydrogen) atoms. The number of rotatable bonds is 7. The molecule has 0 spiro atoms. The van der Waals surface area contributed by atoms with Crippen LogP contribution in [0.5, 0.6) is 0 Å². The highest BCUT2D eigenvalue weighted by Crippen LogP contribution is 2.30. The molecule has 1 unspecified atom stereocenters. The minimum absolute atomic E-state index is 0.633. The Kier molecular flexibility index (Phi) is 7.35. The second-order valence-corrected chi connectivity index (χ2v) is 9.60. The quantitative estimate of drug-likeness (QED) is 0.743. The molecule has 0 aromatic carbocycles. The normalized spacial score (nSPS) is 23.5. The molecule has 1 aromatic heterocycles. The number of aromatic nitrogens is 2. The Morgan fingerprint density at radius 1 is 0.964 bits per heavy atom. The molecule has 1 aromatic rings. The molecule has 6 heteroatoms. The summed E-state index contributed by atoms with van der Waals surface area (Å²) in [7, 11) is 0. The van der Waals surface area contributed by atoms with Crippen LogP contribution in [0.25, 0.3) is 0 Å². The molecular formula is C22H37N5S. The molecule has 3 heterocycles. The van der Waals surface area contributed by atoms with Gasteiger partial charge in [0.25, 0.3) is 0 Å². The molecule has 0 radical (unpaired) electrons. The van der Waals surface area contributed by atoms with Crippen LogP contribution in [0.3, 0.4) is 0 Å². The summed E-state index contributed by atoms with van der Waals surface area (Å²) in [5.41, 5.74) is 2.76. The summed E-state index contributed by atoms with van der Waals surface area (Å²) in [5, 5.41) is 3.64. The van der Waals surface area contributed by atoms with Gasteiger partial charge in [-0.25, -0.2) is 4.98 Å². The fraction of sp³-hybridized carbons (Fsp3) is 0.818. The van der Waals surface area contributed by atoms with Gasteiger partial charge in [-0.05, 0) is 64.2 Å². The van der Waals surface area contributed by atoms with Crippen LogP contribution in [0.4, 0.5) is 11.8 Å². The summed E-state index contributed by atoms with van der Waals surface area (Å²) in [6.45, 7) is 5.75. The van der Waals surface area contributed by atoms with Crippen molar-refractivity contribution in [2.24, 2.45) is 0 Å². The summed E-state index contributed by atoms with van der Waals surface area (Å²) < 4.78 is 0. The van der Waals surface area contributed by atoms with Crippen LogP contribution in [0.1, 0.15) is 62.6 Å². The summed E-state index contributed by atoms with van der Waals surface area (Å²) in [6.07, 6.45) is 15.0. The molecule has 2 aliphatic heterocycles. The molecule has 156 valence electrons. The standard InChI is InChI=1S/C22H37N5S/c1-28-16-15-26-14-8-9-18(26)17-23-22-24-20-11-5-4-10-19(20)21(25-22)27-12-6-2-3-7-13-27/h18H,2-17H2,1H3,(H,23,24,25). The van der Waals surface area contributed by atoms with Crippen LogP contribution in [0, 0.1) is 0 Å². The molecule has 2 fully saturated rings. The van der Waals surface area contributed by atoms with Gasteiger partial charge in [0.1, 0.15) is 5.82 Å². The maximum atomic E-state index is 5.08. The van der Waals surface area contributed by atoms with Gasteiger partial charge in [0.05, 0.1) is 5.69 Å². The van der Waals surface area contributed by atoms with E-state index in [9.17, 15) is 0 Å². The molecule has 0 saturated carbocycles. The van der Waals surface area contributed by atoms with E-state index in [2.05, 4.69) is 21.4 Å². The second-order valence-electron chi connectivity index (χ2n) is 8.61. The van der Waals surface area contributed by atoms with Crippen molar-refractivity contribution in [2.75, 3.05) is 54.9 Å². The highest BCUT2D eigenvalue weighted by molar-refractivity contribution is 7.98. The Balaban J connectivity index is 1.48. The highest BCUT2D eigenvalue weighted by atomic mass is 32.2. The third-order valence-corrected chi connectivity index (χ3v) is 7.24. The first-order chi connectivity index (χ1) is 13.8. The van der Waals surface area contributed by atoms with E-state index in [1.165, 1.54) is 87.3 Å². The van der Waals surface area contributed by atoms with Crippen molar-refractivity contribution in [1.29, 1.82) is 0 Å². The van der Waals surface area contributed by atoms with Gasteiger partial charge in [-0.2, -0.15) is 16.7 Å². The molecular weight excluding hydrogens is 366 g/mol. The van der Waals surface area contributed by atoms with Crippen LogP contribution in [0.2, 0.25) is 0 Å². The van der Waals surface area contributed by atoms with Gasteiger partial charge in [0, 0.05) is 43.5 Å². The fourth-order valence-electron chi connectivity index (χ4n) is 5.04. The Labute approximate surface area is 175 Å². The van der Waals surface area contributed by atoms with E-state index in [1.807, 2.05) is 11.8 Å². The summed E-state index contributed by atoms with van der Waals surface area (Å²) >= 11 is 1.95. The zero-order valence-electron chi connectivity index (χ0n) is 17.6. The van der Waals surface area contributed by atoms with Gasteiger partial charge < -0.3 is 10.2 Å². The zero-order chi connectivity index (χ0) is 19.2. The van der Waals surface area contributed by atoms with Gasteiger partial charge in [-0.1, -0.05) is 12.8 Å². The van der Waals surface area contributed by atoms with Gasteiger partial charge in [-0.15, -0.1) is 0 Å². The van der Waals surface area contributed by atoms with Crippen LogP contribution in [0.15, 0.2) is 0 Å². The van der Waals surface area contributed by atoms with E-state index in [-0.39, 0.29) is 0 Å². The molecule has 1 aliphatic carbocycles. The van der Waals surface area contributed by atoms with E-state index in [0.717, 1.165) is 38.4 Å². The number of fused-ring (bicyclic) bond motifs is 1. The second kappa shape index (κ2) is 10.1. The summed E-state index contributed by atoms with van der Waals surface area (Å²) in [6, 6.07) is 0.633. The van der Waals surface area contributed by atoms with Crippen LogP contribution >= 0.6 is 11.8 Å². The molecule has 5 nitrogen and oxygen atoms in total.